The molecule has 3 nitrogen and oxygen atoms in total. The lowest BCUT2D eigenvalue weighted by Crippen LogP contribution is -2.43. The lowest BCUT2D eigenvalue weighted by atomic mass is 9.89. The van der Waals surface area contributed by atoms with E-state index in [1.54, 1.807) is 0 Å². The molecule has 0 radical (unpaired) electrons. The van der Waals surface area contributed by atoms with Crippen molar-refractivity contribution in [1.82, 2.24) is 0 Å². The van der Waals surface area contributed by atoms with Crippen LogP contribution in [0.1, 0.15) is 66.2 Å². The first-order valence-electron chi connectivity index (χ1n) is 8.78. The molecule has 0 unspecified atom stereocenters. The van der Waals surface area contributed by atoms with Crippen molar-refractivity contribution in [3.05, 3.63) is 34.9 Å². The van der Waals surface area contributed by atoms with Crippen molar-refractivity contribution in [2.24, 2.45) is 5.92 Å². The second kappa shape index (κ2) is 7.48. The van der Waals surface area contributed by atoms with Crippen molar-refractivity contribution in [3.8, 4) is 0 Å². The number of rotatable bonds is 1. The highest BCUT2D eigenvalue weighted by atomic mass is 16.6. The summed E-state index contributed by atoms with van der Waals surface area (Å²) in [6.45, 7) is 8.34. The zero-order valence-corrected chi connectivity index (χ0v) is 14.9. The minimum absolute atomic E-state index is 0.254. The Morgan fingerprint density at radius 1 is 1.26 bits per heavy atom. The SMILES string of the molecule is C/C1=C/C=C(/C(C)C)CCC2=CCC[C@](C)(OC2=O)[C@H](O)CC1. The Balaban J connectivity index is 2.32. The molecule has 128 valence electrons. The highest BCUT2D eigenvalue weighted by molar-refractivity contribution is 5.89. The van der Waals surface area contributed by atoms with Crippen LogP contribution in [0.25, 0.3) is 0 Å². The lowest BCUT2D eigenvalue weighted by Gasteiger charge is -2.33. The first-order valence-corrected chi connectivity index (χ1v) is 8.78. The molecular weight excluding hydrogens is 288 g/mol. The van der Waals surface area contributed by atoms with Crippen LogP contribution in [0, 0.1) is 5.92 Å². The van der Waals surface area contributed by atoms with Crippen LogP contribution in [0.4, 0.5) is 0 Å². The average molecular weight is 318 g/mol. The summed E-state index contributed by atoms with van der Waals surface area (Å²) >= 11 is 0. The first kappa shape index (κ1) is 18.0. The van der Waals surface area contributed by atoms with Crippen molar-refractivity contribution in [1.29, 1.82) is 0 Å². The van der Waals surface area contributed by atoms with Gasteiger partial charge in [0.05, 0.1) is 6.10 Å². The van der Waals surface area contributed by atoms with Gasteiger partial charge in [-0.1, -0.05) is 43.2 Å². The van der Waals surface area contributed by atoms with Crippen molar-refractivity contribution in [3.63, 3.8) is 0 Å². The number of fused-ring (bicyclic) bond motifs is 3. The number of aliphatic hydroxyl groups excluding tert-OH is 1. The van der Waals surface area contributed by atoms with Gasteiger partial charge in [0.25, 0.3) is 0 Å². The molecule has 2 aliphatic rings. The molecule has 1 N–H and O–H groups in total. The van der Waals surface area contributed by atoms with E-state index in [0.717, 1.165) is 24.8 Å². The Labute approximate surface area is 140 Å². The van der Waals surface area contributed by atoms with Gasteiger partial charge < -0.3 is 9.84 Å². The number of hydrogen-bond acceptors (Lipinski definition) is 3. The Hall–Kier alpha value is -1.35. The Bertz CT molecular complexity index is 539. The fourth-order valence-corrected chi connectivity index (χ4v) is 3.23. The van der Waals surface area contributed by atoms with Crippen LogP contribution in [0.5, 0.6) is 0 Å². The predicted octanol–water partition coefficient (Wildman–Crippen LogP) is 4.47. The molecule has 0 saturated carbocycles. The molecule has 2 atom stereocenters. The fraction of sp³-hybridized carbons (Fsp3) is 0.650. The van der Waals surface area contributed by atoms with Gasteiger partial charge in [-0.2, -0.15) is 0 Å². The van der Waals surface area contributed by atoms with E-state index in [-0.39, 0.29) is 5.97 Å². The van der Waals surface area contributed by atoms with Crippen LogP contribution < -0.4 is 0 Å². The second-order valence-electron chi connectivity index (χ2n) is 7.43. The summed E-state index contributed by atoms with van der Waals surface area (Å²) in [5.41, 5.74) is 2.58. The van der Waals surface area contributed by atoms with Gasteiger partial charge in [0.15, 0.2) is 0 Å². The van der Waals surface area contributed by atoms with Gasteiger partial charge in [-0.15, -0.1) is 0 Å². The summed E-state index contributed by atoms with van der Waals surface area (Å²) in [4.78, 5) is 12.5. The molecule has 0 aromatic rings. The van der Waals surface area contributed by atoms with Crippen LogP contribution in [-0.2, 0) is 9.53 Å². The van der Waals surface area contributed by atoms with Crippen LogP contribution in [0.3, 0.4) is 0 Å². The Morgan fingerprint density at radius 2 is 2.00 bits per heavy atom. The normalized spacial score (nSPS) is 34.8. The smallest absolute Gasteiger partial charge is 0.334 e. The molecule has 2 bridgehead atoms. The molecule has 23 heavy (non-hydrogen) atoms. The standard InChI is InChI=1S/C20H30O3/c1-14(2)16-9-7-15(3)8-12-18(21)20(4)13-5-6-17(11-10-16)19(22)23-20/h6-7,9,14,18,21H,5,8,10-13H2,1-4H3/b15-7-,16-9+/t18-,20+/m1/s1. The molecule has 2 rings (SSSR count). The van der Waals surface area contributed by atoms with Crippen molar-refractivity contribution < 1.29 is 14.6 Å². The van der Waals surface area contributed by atoms with Gasteiger partial charge in [0.2, 0.25) is 0 Å². The van der Waals surface area contributed by atoms with E-state index >= 15 is 0 Å². The highest BCUT2D eigenvalue weighted by Gasteiger charge is 2.38. The zero-order chi connectivity index (χ0) is 17.0. The van der Waals surface area contributed by atoms with E-state index in [1.807, 2.05) is 13.0 Å². The quantitative estimate of drug-likeness (QED) is 0.725. The molecule has 0 fully saturated rings. The van der Waals surface area contributed by atoms with Crippen LogP contribution >= 0.6 is 0 Å². The van der Waals surface area contributed by atoms with Crippen molar-refractivity contribution in [2.45, 2.75) is 77.9 Å². The number of carbonyl (C=O) groups is 1. The van der Waals surface area contributed by atoms with Gasteiger partial charge in [0, 0.05) is 5.57 Å². The predicted molar refractivity (Wildman–Crippen MR) is 93.0 cm³/mol. The highest BCUT2D eigenvalue weighted by Crippen LogP contribution is 2.32. The van der Waals surface area contributed by atoms with E-state index in [1.165, 1.54) is 11.1 Å². The first-order chi connectivity index (χ1) is 10.8. The van der Waals surface area contributed by atoms with E-state index in [2.05, 4.69) is 32.9 Å². The summed E-state index contributed by atoms with van der Waals surface area (Å²) in [5.74, 6) is 0.207. The number of hydrogen-bond donors (Lipinski definition) is 1. The van der Waals surface area contributed by atoms with Gasteiger partial charge in [-0.25, -0.2) is 4.79 Å². The monoisotopic (exact) mass is 318 g/mol. The maximum atomic E-state index is 12.5. The summed E-state index contributed by atoms with van der Waals surface area (Å²) in [5, 5.41) is 10.6. The van der Waals surface area contributed by atoms with E-state index in [4.69, 9.17) is 4.74 Å². The van der Waals surface area contributed by atoms with Crippen molar-refractivity contribution >= 4 is 5.97 Å². The van der Waals surface area contributed by atoms with Crippen LogP contribution in [-0.4, -0.2) is 22.8 Å². The number of esters is 1. The number of carbonyl (C=O) groups excluding carboxylic acids is 1. The van der Waals surface area contributed by atoms with Crippen LogP contribution in [0.15, 0.2) is 34.9 Å². The Morgan fingerprint density at radius 3 is 2.70 bits per heavy atom. The molecule has 0 saturated heterocycles. The molecule has 0 spiro atoms. The third-order valence-electron chi connectivity index (χ3n) is 5.14. The third kappa shape index (κ3) is 4.57. The molecule has 3 heteroatoms. The minimum Gasteiger partial charge on any atom is -0.453 e. The average Bonchev–Trinajstić information content (AvgIpc) is 2.62. The number of aliphatic hydroxyl groups is 1. The number of ether oxygens (including phenoxy) is 1. The molecule has 2 heterocycles. The largest absolute Gasteiger partial charge is 0.453 e. The van der Waals surface area contributed by atoms with Gasteiger partial charge in [-0.3, -0.25) is 0 Å². The third-order valence-corrected chi connectivity index (χ3v) is 5.14. The van der Waals surface area contributed by atoms with Crippen molar-refractivity contribution in [2.75, 3.05) is 0 Å². The molecule has 0 amide bonds. The number of allylic oxidation sites excluding steroid dienone is 5. The minimum atomic E-state index is -0.780. The lowest BCUT2D eigenvalue weighted by molar-refractivity contribution is -0.166. The van der Waals surface area contributed by atoms with E-state index in [9.17, 15) is 9.90 Å². The van der Waals surface area contributed by atoms with Gasteiger partial charge >= 0.3 is 5.97 Å². The second-order valence-corrected chi connectivity index (χ2v) is 7.43. The molecule has 2 aliphatic heterocycles. The molecule has 0 aromatic carbocycles. The zero-order valence-electron chi connectivity index (χ0n) is 14.9. The summed E-state index contributed by atoms with van der Waals surface area (Å²) in [6, 6.07) is 0. The topological polar surface area (TPSA) is 46.5 Å². The molecule has 0 aromatic heterocycles. The fourth-order valence-electron chi connectivity index (χ4n) is 3.23. The summed E-state index contributed by atoms with van der Waals surface area (Å²) in [7, 11) is 0. The maximum Gasteiger partial charge on any atom is 0.334 e. The molecule has 0 aliphatic carbocycles. The molecular formula is C20H30O3. The van der Waals surface area contributed by atoms with Crippen LogP contribution in [0.2, 0.25) is 0 Å². The maximum absolute atomic E-state index is 12.5. The van der Waals surface area contributed by atoms with E-state index in [0.29, 0.717) is 25.2 Å². The van der Waals surface area contributed by atoms with E-state index < -0.39 is 11.7 Å². The Kier molecular flexibility index (Phi) is 5.85. The van der Waals surface area contributed by atoms with Gasteiger partial charge in [-0.05, 0) is 58.3 Å². The van der Waals surface area contributed by atoms with Gasteiger partial charge in [0.1, 0.15) is 5.60 Å². The summed E-state index contributed by atoms with van der Waals surface area (Å²) < 4.78 is 5.72. The summed E-state index contributed by atoms with van der Waals surface area (Å²) in [6.07, 6.45) is 10.2.